The molecule has 1 aromatic heterocycles. The largest absolute Gasteiger partial charge is 0.487 e. The maximum atomic E-state index is 8.78. The minimum atomic E-state index is 0.382. The number of nitrogen functional groups attached to an aromatic ring is 1. The van der Waals surface area contributed by atoms with Gasteiger partial charge in [0.2, 0.25) is 0 Å². The van der Waals surface area contributed by atoms with Gasteiger partial charge in [-0.15, -0.1) is 0 Å². The van der Waals surface area contributed by atoms with Crippen molar-refractivity contribution in [2.45, 2.75) is 6.61 Å². The Bertz CT molecular complexity index is 546. The zero-order valence-electron chi connectivity index (χ0n) is 9.13. The summed E-state index contributed by atoms with van der Waals surface area (Å²) in [7, 11) is 0. The Morgan fingerprint density at radius 1 is 1.35 bits per heavy atom. The van der Waals surface area contributed by atoms with E-state index in [4.69, 9.17) is 15.7 Å². The number of nitrogens with two attached hydrogens (primary N) is 1. The smallest absolute Gasteiger partial charge is 0.144 e. The normalized spacial score (nSPS) is 9.59. The molecule has 0 amide bonds. The molecule has 2 aromatic rings. The topological polar surface area (TPSA) is 71.9 Å². The fourth-order valence-corrected chi connectivity index (χ4v) is 1.37. The summed E-state index contributed by atoms with van der Waals surface area (Å²) in [6, 6.07) is 10.8. The molecule has 0 aliphatic heterocycles. The summed E-state index contributed by atoms with van der Waals surface area (Å²) >= 11 is 0. The molecule has 0 spiro atoms. The van der Waals surface area contributed by atoms with Gasteiger partial charge in [-0.1, -0.05) is 6.07 Å². The van der Waals surface area contributed by atoms with Crippen LogP contribution in [0.2, 0.25) is 0 Å². The average molecular weight is 225 g/mol. The first kappa shape index (κ1) is 11.0. The van der Waals surface area contributed by atoms with Crippen LogP contribution < -0.4 is 10.5 Å². The zero-order chi connectivity index (χ0) is 12.1. The Kier molecular flexibility index (Phi) is 3.22. The van der Waals surface area contributed by atoms with E-state index in [2.05, 4.69) is 4.98 Å². The van der Waals surface area contributed by atoms with Gasteiger partial charge in [0.05, 0.1) is 17.3 Å². The molecule has 0 radical (unpaired) electrons. The third kappa shape index (κ3) is 2.73. The number of aromatic nitrogens is 1. The van der Waals surface area contributed by atoms with Gasteiger partial charge in [-0.05, 0) is 18.2 Å². The molecular weight excluding hydrogens is 214 g/mol. The molecule has 1 aromatic carbocycles. The molecule has 0 bridgehead atoms. The molecule has 0 saturated heterocycles. The number of benzene rings is 1. The maximum absolute atomic E-state index is 8.78. The Balaban J connectivity index is 2.12. The molecule has 0 aliphatic rings. The third-order valence-corrected chi connectivity index (χ3v) is 2.26. The molecule has 0 atom stereocenters. The van der Waals surface area contributed by atoms with E-state index in [9.17, 15) is 0 Å². The highest BCUT2D eigenvalue weighted by Crippen LogP contribution is 2.23. The highest BCUT2D eigenvalue weighted by Gasteiger charge is 2.02. The van der Waals surface area contributed by atoms with Gasteiger partial charge >= 0.3 is 0 Å². The molecular formula is C13H11N3O. The molecule has 4 nitrogen and oxygen atoms in total. The van der Waals surface area contributed by atoms with Crippen molar-refractivity contribution in [1.29, 1.82) is 5.26 Å². The standard InChI is InChI=1S/C13H11N3O/c14-7-10-3-4-12(15)13(6-10)17-9-11-2-1-5-16-8-11/h1-6,8H,9,15H2. The number of rotatable bonds is 3. The van der Waals surface area contributed by atoms with Crippen LogP contribution in [0.3, 0.4) is 0 Å². The van der Waals surface area contributed by atoms with Crippen molar-refractivity contribution in [3.8, 4) is 11.8 Å². The molecule has 84 valence electrons. The lowest BCUT2D eigenvalue weighted by Gasteiger charge is -2.08. The number of nitriles is 1. The molecule has 17 heavy (non-hydrogen) atoms. The van der Waals surface area contributed by atoms with E-state index in [0.29, 0.717) is 23.6 Å². The van der Waals surface area contributed by atoms with Crippen LogP contribution in [-0.4, -0.2) is 4.98 Å². The monoisotopic (exact) mass is 225 g/mol. The van der Waals surface area contributed by atoms with E-state index in [1.54, 1.807) is 30.6 Å². The van der Waals surface area contributed by atoms with Crippen molar-refractivity contribution in [2.24, 2.45) is 0 Å². The van der Waals surface area contributed by atoms with Gasteiger partial charge in [0, 0.05) is 24.0 Å². The summed E-state index contributed by atoms with van der Waals surface area (Å²) in [6.45, 7) is 0.382. The van der Waals surface area contributed by atoms with Crippen molar-refractivity contribution < 1.29 is 4.74 Å². The number of nitrogens with zero attached hydrogens (tertiary/aromatic N) is 2. The summed E-state index contributed by atoms with van der Waals surface area (Å²) in [5, 5.41) is 8.78. The van der Waals surface area contributed by atoms with Gasteiger partial charge in [0.25, 0.3) is 0 Å². The molecule has 0 fully saturated rings. The van der Waals surface area contributed by atoms with Gasteiger partial charge in [-0.3, -0.25) is 4.98 Å². The van der Waals surface area contributed by atoms with Gasteiger partial charge < -0.3 is 10.5 Å². The van der Waals surface area contributed by atoms with Crippen molar-refractivity contribution in [2.75, 3.05) is 5.73 Å². The highest BCUT2D eigenvalue weighted by molar-refractivity contribution is 5.56. The lowest BCUT2D eigenvalue weighted by atomic mass is 10.2. The Hall–Kier alpha value is -2.54. The minimum absolute atomic E-state index is 0.382. The summed E-state index contributed by atoms with van der Waals surface area (Å²) in [5.41, 5.74) is 7.76. The van der Waals surface area contributed by atoms with E-state index < -0.39 is 0 Å². The number of pyridine rings is 1. The Labute approximate surface area is 99.3 Å². The number of hydrogen-bond donors (Lipinski definition) is 1. The molecule has 2 N–H and O–H groups in total. The first-order valence-electron chi connectivity index (χ1n) is 5.11. The highest BCUT2D eigenvalue weighted by atomic mass is 16.5. The van der Waals surface area contributed by atoms with E-state index in [1.807, 2.05) is 18.2 Å². The van der Waals surface area contributed by atoms with E-state index in [0.717, 1.165) is 5.56 Å². The van der Waals surface area contributed by atoms with Crippen LogP contribution in [-0.2, 0) is 6.61 Å². The number of hydrogen-bond acceptors (Lipinski definition) is 4. The summed E-state index contributed by atoms with van der Waals surface area (Å²) in [5.74, 6) is 0.521. The van der Waals surface area contributed by atoms with Gasteiger partial charge in [0.1, 0.15) is 12.4 Å². The first-order chi connectivity index (χ1) is 8.29. The Morgan fingerprint density at radius 2 is 2.24 bits per heavy atom. The fourth-order valence-electron chi connectivity index (χ4n) is 1.37. The van der Waals surface area contributed by atoms with Crippen LogP contribution in [0.25, 0.3) is 0 Å². The van der Waals surface area contributed by atoms with Crippen molar-refractivity contribution in [1.82, 2.24) is 4.98 Å². The fraction of sp³-hybridized carbons (Fsp3) is 0.0769. The summed E-state index contributed by atoms with van der Waals surface area (Å²) in [6.07, 6.45) is 3.43. The lowest BCUT2D eigenvalue weighted by Crippen LogP contribution is -1.99. The number of anilines is 1. The maximum Gasteiger partial charge on any atom is 0.144 e. The van der Waals surface area contributed by atoms with Gasteiger partial charge in [-0.2, -0.15) is 5.26 Å². The number of ether oxygens (including phenoxy) is 1. The van der Waals surface area contributed by atoms with Crippen molar-refractivity contribution in [3.63, 3.8) is 0 Å². The summed E-state index contributed by atoms with van der Waals surface area (Å²) < 4.78 is 5.55. The van der Waals surface area contributed by atoms with Crippen LogP contribution in [0, 0.1) is 11.3 Å². The third-order valence-electron chi connectivity index (χ3n) is 2.26. The van der Waals surface area contributed by atoms with E-state index >= 15 is 0 Å². The molecule has 2 rings (SSSR count). The van der Waals surface area contributed by atoms with Gasteiger partial charge in [0.15, 0.2) is 0 Å². The van der Waals surface area contributed by atoms with Crippen LogP contribution in [0.4, 0.5) is 5.69 Å². The van der Waals surface area contributed by atoms with E-state index in [-0.39, 0.29) is 0 Å². The van der Waals surface area contributed by atoms with Crippen LogP contribution in [0.5, 0.6) is 5.75 Å². The second-order valence-electron chi connectivity index (χ2n) is 3.51. The SMILES string of the molecule is N#Cc1ccc(N)c(OCc2cccnc2)c1. The minimum Gasteiger partial charge on any atom is -0.487 e. The van der Waals surface area contributed by atoms with Crippen LogP contribution >= 0.6 is 0 Å². The van der Waals surface area contributed by atoms with Crippen LogP contribution in [0.15, 0.2) is 42.7 Å². The Morgan fingerprint density at radius 3 is 2.94 bits per heavy atom. The van der Waals surface area contributed by atoms with Gasteiger partial charge in [-0.25, -0.2) is 0 Å². The molecule has 4 heteroatoms. The quantitative estimate of drug-likeness (QED) is 0.812. The second-order valence-corrected chi connectivity index (χ2v) is 3.51. The average Bonchev–Trinajstić information content (AvgIpc) is 2.39. The predicted molar refractivity (Wildman–Crippen MR) is 64.1 cm³/mol. The molecule has 0 saturated carbocycles. The second kappa shape index (κ2) is 4.99. The predicted octanol–water partition coefficient (Wildman–Crippen LogP) is 2.11. The first-order valence-corrected chi connectivity index (χ1v) is 5.11. The molecule has 1 heterocycles. The van der Waals surface area contributed by atoms with Crippen molar-refractivity contribution >= 4 is 5.69 Å². The molecule has 0 unspecified atom stereocenters. The molecule has 0 aliphatic carbocycles. The lowest BCUT2D eigenvalue weighted by molar-refractivity contribution is 0.307. The van der Waals surface area contributed by atoms with E-state index in [1.165, 1.54) is 0 Å². The summed E-state index contributed by atoms with van der Waals surface area (Å²) in [4.78, 5) is 3.99. The zero-order valence-corrected chi connectivity index (χ0v) is 9.13. The van der Waals surface area contributed by atoms with Crippen molar-refractivity contribution in [3.05, 3.63) is 53.9 Å². The van der Waals surface area contributed by atoms with Crippen LogP contribution in [0.1, 0.15) is 11.1 Å².